The maximum atomic E-state index is 11.6. The second-order valence-electron chi connectivity index (χ2n) is 4.59. The van der Waals surface area contributed by atoms with Crippen LogP contribution < -0.4 is 0 Å². The number of para-hydroxylation sites is 2. The Kier molecular flexibility index (Phi) is 2.96. The number of rotatable bonds is 3. The molecule has 2 aromatic rings. The summed E-state index contributed by atoms with van der Waals surface area (Å²) in [5, 5.41) is -0.0341. The fraction of sp³-hybridized carbons (Fsp3) is 0.385. The molecule has 0 aliphatic carbocycles. The lowest BCUT2D eigenvalue weighted by Crippen LogP contribution is -2.27. The van der Waals surface area contributed by atoms with E-state index < -0.39 is 0 Å². The van der Waals surface area contributed by atoms with E-state index in [1.807, 2.05) is 29.2 Å². The summed E-state index contributed by atoms with van der Waals surface area (Å²) in [5.74, 6) is 1.06. The average molecular weight is 264 g/mol. The molecular weight excluding hydrogens is 250 g/mol. The van der Waals surface area contributed by atoms with Gasteiger partial charge >= 0.3 is 0 Å². The highest BCUT2D eigenvalue weighted by Gasteiger charge is 2.27. The van der Waals surface area contributed by atoms with Gasteiger partial charge in [-0.1, -0.05) is 12.1 Å². The highest BCUT2D eigenvalue weighted by Crippen LogP contribution is 2.17. The molecule has 1 aliphatic heterocycles. The van der Waals surface area contributed by atoms with Gasteiger partial charge in [-0.2, -0.15) is 0 Å². The lowest BCUT2D eigenvalue weighted by molar-refractivity contribution is -0.127. The number of H-pyrrole nitrogens is 1. The van der Waals surface area contributed by atoms with Crippen LogP contribution in [0.1, 0.15) is 12.2 Å². The third-order valence-electron chi connectivity index (χ3n) is 3.22. The van der Waals surface area contributed by atoms with E-state index in [1.165, 1.54) is 0 Å². The lowest BCUT2D eigenvalue weighted by atomic mass is 10.3. The fourth-order valence-corrected chi connectivity index (χ4v) is 2.60. The van der Waals surface area contributed by atoms with Gasteiger partial charge in [-0.25, -0.2) is 4.98 Å². The van der Waals surface area contributed by atoms with Crippen LogP contribution in [0.3, 0.4) is 0 Å². The van der Waals surface area contributed by atoms with Crippen LogP contribution >= 0.6 is 11.6 Å². The molecule has 2 heterocycles. The van der Waals surface area contributed by atoms with Gasteiger partial charge in [-0.15, -0.1) is 11.6 Å². The summed E-state index contributed by atoms with van der Waals surface area (Å²) in [6.45, 7) is 1.34. The molecule has 1 fully saturated rings. The van der Waals surface area contributed by atoms with Crippen LogP contribution in [0.5, 0.6) is 0 Å². The normalized spacial score (nSPS) is 19.9. The second-order valence-corrected chi connectivity index (χ2v) is 5.21. The van der Waals surface area contributed by atoms with Gasteiger partial charge in [0.15, 0.2) is 0 Å². The van der Waals surface area contributed by atoms with Crippen LogP contribution in [0.15, 0.2) is 24.3 Å². The van der Waals surface area contributed by atoms with Crippen LogP contribution in [0.25, 0.3) is 11.0 Å². The second kappa shape index (κ2) is 4.61. The number of amides is 1. The summed E-state index contributed by atoms with van der Waals surface area (Å²) in [5.41, 5.74) is 2.01. The maximum Gasteiger partial charge on any atom is 0.224 e. The fourth-order valence-electron chi connectivity index (χ4n) is 2.30. The van der Waals surface area contributed by atoms with Crippen molar-refractivity contribution in [2.45, 2.75) is 18.2 Å². The number of alkyl halides is 1. The van der Waals surface area contributed by atoms with Gasteiger partial charge in [0.1, 0.15) is 5.82 Å². The Balaban J connectivity index is 1.68. The van der Waals surface area contributed by atoms with E-state index in [1.54, 1.807) is 0 Å². The zero-order chi connectivity index (χ0) is 12.5. The third kappa shape index (κ3) is 2.20. The molecule has 1 atom stereocenters. The number of imidazole rings is 1. The zero-order valence-corrected chi connectivity index (χ0v) is 10.7. The molecule has 1 N–H and O–H groups in total. The maximum absolute atomic E-state index is 11.6. The van der Waals surface area contributed by atoms with E-state index >= 15 is 0 Å². The number of likely N-dealkylation sites (tertiary alicyclic amines) is 1. The Morgan fingerprint density at radius 3 is 3.00 bits per heavy atom. The van der Waals surface area contributed by atoms with Crippen LogP contribution in [0.4, 0.5) is 0 Å². The molecule has 3 rings (SSSR count). The first-order chi connectivity index (χ1) is 8.72. The standard InChI is InChI=1S/C13H14ClN3O/c14-9-7-13(18)17(8-9)6-5-12-15-10-3-1-2-4-11(10)16-12/h1-4,9H,5-8H2,(H,15,16). The number of nitrogens with zero attached hydrogens (tertiary/aromatic N) is 2. The summed E-state index contributed by atoms with van der Waals surface area (Å²) < 4.78 is 0. The zero-order valence-electron chi connectivity index (χ0n) is 9.90. The molecule has 0 radical (unpaired) electrons. The molecule has 1 saturated heterocycles. The van der Waals surface area contributed by atoms with Gasteiger partial charge in [0, 0.05) is 25.9 Å². The molecule has 1 aliphatic rings. The average Bonchev–Trinajstić information content (AvgIpc) is 2.89. The highest BCUT2D eigenvalue weighted by molar-refractivity contribution is 6.22. The van der Waals surface area contributed by atoms with Crippen molar-refractivity contribution in [3.8, 4) is 0 Å². The van der Waals surface area contributed by atoms with Gasteiger partial charge in [0.25, 0.3) is 0 Å². The molecular formula is C13H14ClN3O. The van der Waals surface area contributed by atoms with E-state index in [-0.39, 0.29) is 11.3 Å². The monoisotopic (exact) mass is 263 g/mol. The van der Waals surface area contributed by atoms with Crippen molar-refractivity contribution >= 4 is 28.5 Å². The number of benzene rings is 1. The molecule has 1 amide bonds. The van der Waals surface area contributed by atoms with Crippen LogP contribution in [0.2, 0.25) is 0 Å². The first-order valence-corrected chi connectivity index (χ1v) is 6.51. The van der Waals surface area contributed by atoms with Gasteiger partial charge in [0.05, 0.1) is 16.4 Å². The molecule has 1 aromatic heterocycles. The van der Waals surface area contributed by atoms with E-state index in [2.05, 4.69) is 9.97 Å². The van der Waals surface area contributed by atoms with E-state index in [0.29, 0.717) is 19.5 Å². The predicted octanol–water partition coefficient (Wildman–Crippen LogP) is 1.95. The van der Waals surface area contributed by atoms with E-state index in [0.717, 1.165) is 23.3 Å². The molecule has 4 nitrogen and oxygen atoms in total. The largest absolute Gasteiger partial charge is 0.342 e. The number of carbonyl (C=O) groups excluding carboxylic acids is 1. The van der Waals surface area contributed by atoms with E-state index in [9.17, 15) is 4.79 Å². The number of fused-ring (bicyclic) bond motifs is 1. The van der Waals surface area contributed by atoms with Crippen LogP contribution in [-0.4, -0.2) is 39.2 Å². The molecule has 5 heteroatoms. The lowest BCUT2D eigenvalue weighted by Gasteiger charge is -2.14. The predicted molar refractivity (Wildman–Crippen MR) is 70.6 cm³/mol. The Morgan fingerprint density at radius 1 is 1.44 bits per heavy atom. The minimum absolute atomic E-state index is 0.0341. The summed E-state index contributed by atoms with van der Waals surface area (Å²) in [6, 6.07) is 7.92. The number of nitrogens with one attached hydrogen (secondary N) is 1. The van der Waals surface area contributed by atoms with Crippen LogP contribution in [0, 0.1) is 0 Å². The molecule has 18 heavy (non-hydrogen) atoms. The molecule has 94 valence electrons. The molecule has 1 unspecified atom stereocenters. The number of halogens is 1. The van der Waals surface area contributed by atoms with Gasteiger partial charge in [0.2, 0.25) is 5.91 Å². The van der Waals surface area contributed by atoms with Gasteiger partial charge in [-0.3, -0.25) is 4.79 Å². The Hall–Kier alpha value is -1.55. The summed E-state index contributed by atoms with van der Waals surface area (Å²) in [6.07, 6.45) is 1.20. The van der Waals surface area contributed by atoms with Gasteiger partial charge < -0.3 is 9.88 Å². The number of aromatic amines is 1. The number of hydrogen-bond donors (Lipinski definition) is 1. The molecule has 0 bridgehead atoms. The Labute approximate surface area is 110 Å². The summed E-state index contributed by atoms with van der Waals surface area (Å²) in [4.78, 5) is 21.2. The number of hydrogen-bond acceptors (Lipinski definition) is 2. The first kappa shape index (κ1) is 11.5. The van der Waals surface area contributed by atoms with Crippen LogP contribution in [-0.2, 0) is 11.2 Å². The minimum Gasteiger partial charge on any atom is -0.342 e. The van der Waals surface area contributed by atoms with Crippen molar-refractivity contribution < 1.29 is 4.79 Å². The molecule has 1 aromatic carbocycles. The number of aromatic nitrogens is 2. The molecule has 0 saturated carbocycles. The summed E-state index contributed by atoms with van der Waals surface area (Å²) in [7, 11) is 0. The van der Waals surface area contributed by atoms with Crippen molar-refractivity contribution in [3.05, 3.63) is 30.1 Å². The Morgan fingerprint density at radius 2 is 2.28 bits per heavy atom. The topological polar surface area (TPSA) is 49.0 Å². The highest BCUT2D eigenvalue weighted by atomic mass is 35.5. The van der Waals surface area contributed by atoms with Gasteiger partial charge in [-0.05, 0) is 12.1 Å². The quantitative estimate of drug-likeness (QED) is 0.861. The Bertz CT molecular complexity index is 547. The third-order valence-corrected chi connectivity index (χ3v) is 3.52. The SMILES string of the molecule is O=C1CC(Cl)CN1CCc1nc2ccccc2[nH]1. The summed E-state index contributed by atoms with van der Waals surface area (Å²) >= 11 is 5.96. The van der Waals surface area contributed by atoms with Crippen molar-refractivity contribution in [2.24, 2.45) is 0 Å². The molecule has 0 spiro atoms. The van der Waals surface area contributed by atoms with Crippen molar-refractivity contribution in [1.29, 1.82) is 0 Å². The van der Waals surface area contributed by atoms with Crippen molar-refractivity contribution in [3.63, 3.8) is 0 Å². The van der Waals surface area contributed by atoms with Crippen molar-refractivity contribution in [1.82, 2.24) is 14.9 Å². The minimum atomic E-state index is -0.0341. The number of carbonyl (C=O) groups is 1. The first-order valence-electron chi connectivity index (χ1n) is 6.08. The smallest absolute Gasteiger partial charge is 0.224 e. The van der Waals surface area contributed by atoms with Crippen molar-refractivity contribution in [2.75, 3.05) is 13.1 Å². The van der Waals surface area contributed by atoms with E-state index in [4.69, 9.17) is 11.6 Å².